The van der Waals surface area contributed by atoms with E-state index in [9.17, 15) is 4.39 Å². The third-order valence-corrected chi connectivity index (χ3v) is 2.92. The van der Waals surface area contributed by atoms with Gasteiger partial charge in [0.05, 0.1) is 0 Å². The zero-order valence-corrected chi connectivity index (χ0v) is 8.63. The van der Waals surface area contributed by atoms with Gasteiger partial charge in [-0.2, -0.15) is 0 Å². The molecule has 2 heteroatoms. The fraction of sp³-hybridized carbons (Fsp3) is 0.500. The second kappa shape index (κ2) is 3.70. The van der Waals surface area contributed by atoms with Crippen molar-refractivity contribution in [1.29, 1.82) is 0 Å². The molecular weight excluding hydrogens is 177 g/mol. The van der Waals surface area contributed by atoms with Gasteiger partial charge in [-0.3, -0.25) is 0 Å². The van der Waals surface area contributed by atoms with Crippen molar-refractivity contribution < 1.29 is 4.39 Å². The summed E-state index contributed by atoms with van der Waals surface area (Å²) in [6.45, 7) is 4.32. The van der Waals surface area contributed by atoms with Crippen LogP contribution >= 0.6 is 0 Å². The van der Waals surface area contributed by atoms with Crippen LogP contribution in [0.25, 0.3) is 0 Å². The average molecular weight is 193 g/mol. The van der Waals surface area contributed by atoms with Crippen LogP contribution in [-0.4, -0.2) is 6.04 Å². The number of hydrogen-bond acceptors (Lipinski definition) is 1. The second-order valence-electron chi connectivity index (χ2n) is 4.26. The van der Waals surface area contributed by atoms with E-state index in [4.69, 9.17) is 0 Å². The van der Waals surface area contributed by atoms with Gasteiger partial charge < -0.3 is 5.32 Å². The molecule has 2 rings (SSSR count). The van der Waals surface area contributed by atoms with Crippen molar-refractivity contribution in [2.24, 2.45) is 5.92 Å². The number of halogens is 1. The SMILES string of the molecule is CC(NC1CC1C)c1cccc(F)c1. The first kappa shape index (κ1) is 9.66. The summed E-state index contributed by atoms with van der Waals surface area (Å²) in [7, 11) is 0. The van der Waals surface area contributed by atoms with Crippen LogP contribution < -0.4 is 5.32 Å². The maximum Gasteiger partial charge on any atom is 0.123 e. The molecule has 3 atom stereocenters. The zero-order valence-electron chi connectivity index (χ0n) is 8.63. The molecule has 76 valence electrons. The van der Waals surface area contributed by atoms with E-state index >= 15 is 0 Å². The van der Waals surface area contributed by atoms with Crippen LogP contribution in [0.1, 0.15) is 31.9 Å². The molecular formula is C12H16FN. The maximum atomic E-state index is 12.9. The summed E-state index contributed by atoms with van der Waals surface area (Å²) in [4.78, 5) is 0. The van der Waals surface area contributed by atoms with Gasteiger partial charge >= 0.3 is 0 Å². The molecule has 0 bridgehead atoms. The maximum absolute atomic E-state index is 12.9. The first-order valence-corrected chi connectivity index (χ1v) is 5.18. The van der Waals surface area contributed by atoms with Gasteiger partial charge in [-0.15, -0.1) is 0 Å². The lowest BCUT2D eigenvalue weighted by Crippen LogP contribution is -2.22. The molecule has 1 aromatic rings. The second-order valence-corrected chi connectivity index (χ2v) is 4.26. The van der Waals surface area contributed by atoms with E-state index in [1.54, 1.807) is 12.1 Å². The summed E-state index contributed by atoms with van der Waals surface area (Å²) in [5.41, 5.74) is 1.03. The molecule has 0 spiro atoms. The highest BCUT2D eigenvalue weighted by Gasteiger charge is 2.33. The minimum Gasteiger partial charge on any atom is -0.307 e. The van der Waals surface area contributed by atoms with Crippen LogP contribution in [0.3, 0.4) is 0 Å². The third-order valence-electron chi connectivity index (χ3n) is 2.92. The summed E-state index contributed by atoms with van der Waals surface area (Å²) in [5, 5.41) is 3.48. The average Bonchev–Trinajstić information content (AvgIpc) is 2.81. The lowest BCUT2D eigenvalue weighted by atomic mass is 10.1. The van der Waals surface area contributed by atoms with Crippen molar-refractivity contribution in [3.63, 3.8) is 0 Å². The monoisotopic (exact) mass is 193 g/mol. The van der Waals surface area contributed by atoms with Gasteiger partial charge in [0.2, 0.25) is 0 Å². The summed E-state index contributed by atoms with van der Waals surface area (Å²) in [5.74, 6) is 0.631. The summed E-state index contributed by atoms with van der Waals surface area (Å²) in [6.07, 6.45) is 1.25. The van der Waals surface area contributed by atoms with Gasteiger partial charge in [0, 0.05) is 12.1 Å². The molecule has 3 unspecified atom stereocenters. The highest BCUT2D eigenvalue weighted by Crippen LogP contribution is 2.31. The molecule has 0 aromatic heterocycles. The molecule has 0 aliphatic heterocycles. The fourth-order valence-electron chi connectivity index (χ4n) is 1.75. The largest absolute Gasteiger partial charge is 0.307 e. The molecule has 14 heavy (non-hydrogen) atoms. The molecule has 1 aliphatic rings. The Balaban J connectivity index is 2.00. The molecule has 0 saturated heterocycles. The van der Waals surface area contributed by atoms with Gasteiger partial charge in [0.15, 0.2) is 0 Å². The third kappa shape index (κ3) is 2.13. The Labute approximate surface area is 84.3 Å². The lowest BCUT2D eigenvalue weighted by molar-refractivity contribution is 0.545. The van der Waals surface area contributed by atoms with Gasteiger partial charge in [-0.05, 0) is 37.0 Å². The molecule has 1 aromatic carbocycles. The van der Waals surface area contributed by atoms with Crippen LogP contribution in [0, 0.1) is 11.7 Å². The first-order chi connectivity index (χ1) is 6.66. The minimum atomic E-state index is -0.153. The van der Waals surface area contributed by atoms with E-state index in [2.05, 4.69) is 19.2 Å². The van der Waals surface area contributed by atoms with E-state index in [0.717, 1.165) is 11.5 Å². The minimum absolute atomic E-state index is 0.153. The Hall–Kier alpha value is -0.890. The lowest BCUT2D eigenvalue weighted by Gasteiger charge is -2.13. The van der Waals surface area contributed by atoms with Crippen LogP contribution in [0.2, 0.25) is 0 Å². The van der Waals surface area contributed by atoms with Crippen LogP contribution in [0.4, 0.5) is 4.39 Å². The summed E-state index contributed by atoms with van der Waals surface area (Å²) >= 11 is 0. The summed E-state index contributed by atoms with van der Waals surface area (Å²) in [6, 6.07) is 7.70. The molecule has 1 saturated carbocycles. The smallest absolute Gasteiger partial charge is 0.123 e. The van der Waals surface area contributed by atoms with E-state index < -0.39 is 0 Å². The van der Waals surface area contributed by atoms with Gasteiger partial charge in [0.25, 0.3) is 0 Å². The predicted molar refractivity (Wildman–Crippen MR) is 55.5 cm³/mol. The molecule has 1 fully saturated rings. The van der Waals surface area contributed by atoms with Crippen molar-refractivity contribution in [2.45, 2.75) is 32.4 Å². The number of rotatable bonds is 3. The van der Waals surface area contributed by atoms with E-state index in [1.807, 2.05) is 6.07 Å². The number of hydrogen-bond donors (Lipinski definition) is 1. The Kier molecular flexibility index (Phi) is 2.55. The van der Waals surface area contributed by atoms with Crippen molar-refractivity contribution in [3.8, 4) is 0 Å². The number of benzene rings is 1. The Bertz CT molecular complexity index is 324. The zero-order chi connectivity index (χ0) is 10.1. The first-order valence-electron chi connectivity index (χ1n) is 5.18. The van der Waals surface area contributed by atoms with Gasteiger partial charge in [-0.25, -0.2) is 4.39 Å². The fourth-order valence-corrected chi connectivity index (χ4v) is 1.75. The van der Waals surface area contributed by atoms with Crippen LogP contribution in [0.5, 0.6) is 0 Å². The standard InChI is InChI=1S/C12H16FN/c1-8-6-12(8)14-9(2)10-4-3-5-11(13)7-10/h3-5,7-9,12,14H,6H2,1-2H3. The molecule has 0 heterocycles. The van der Waals surface area contributed by atoms with Crippen LogP contribution in [-0.2, 0) is 0 Å². The Morgan fingerprint density at radius 2 is 2.21 bits per heavy atom. The van der Waals surface area contributed by atoms with E-state index in [0.29, 0.717) is 6.04 Å². The molecule has 1 N–H and O–H groups in total. The molecule has 1 nitrogen and oxygen atoms in total. The van der Waals surface area contributed by atoms with Gasteiger partial charge in [-0.1, -0.05) is 19.1 Å². The Morgan fingerprint density at radius 3 is 2.79 bits per heavy atom. The predicted octanol–water partition coefficient (Wildman–Crippen LogP) is 2.88. The molecule has 1 aliphatic carbocycles. The number of nitrogens with one attached hydrogen (secondary N) is 1. The van der Waals surface area contributed by atoms with E-state index in [1.165, 1.54) is 12.5 Å². The molecule has 0 radical (unpaired) electrons. The van der Waals surface area contributed by atoms with Gasteiger partial charge in [0.1, 0.15) is 5.82 Å². The van der Waals surface area contributed by atoms with E-state index in [-0.39, 0.29) is 11.9 Å². The van der Waals surface area contributed by atoms with Crippen molar-refractivity contribution >= 4 is 0 Å². The highest BCUT2D eigenvalue weighted by atomic mass is 19.1. The summed E-state index contributed by atoms with van der Waals surface area (Å²) < 4.78 is 12.9. The normalized spacial score (nSPS) is 27.4. The van der Waals surface area contributed by atoms with Crippen LogP contribution in [0.15, 0.2) is 24.3 Å². The quantitative estimate of drug-likeness (QED) is 0.778. The van der Waals surface area contributed by atoms with Crippen molar-refractivity contribution in [3.05, 3.63) is 35.6 Å². The van der Waals surface area contributed by atoms with Crippen molar-refractivity contribution in [1.82, 2.24) is 5.32 Å². The topological polar surface area (TPSA) is 12.0 Å². The Morgan fingerprint density at radius 1 is 1.50 bits per heavy atom. The molecule has 0 amide bonds. The van der Waals surface area contributed by atoms with Crippen molar-refractivity contribution in [2.75, 3.05) is 0 Å². The highest BCUT2D eigenvalue weighted by molar-refractivity contribution is 5.20.